The van der Waals surface area contributed by atoms with Crippen LogP contribution in [-0.4, -0.2) is 83.5 Å². The van der Waals surface area contributed by atoms with Crippen molar-refractivity contribution in [1.29, 1.82) is 0 Å². The zero-order valence-corrected chi connectivity index (χ0v) is 21.5. The average molecular weight is 426 g/mol. The number of nitrogens with zero attached hydrogens (tertiary/aromatic N) is 2. The van der Waals surface area contributed by atoms with Crippen LogP contribution < -0.4 is 5.32 Å². The summed E-state index contributed by atoms with van der Waals surface area (Å²) >= 11 is 0. The summed E-state index contributed by atoms with van der Waals surface area (Å²) in [4.78, 5) is 4.71. The number of hydrogen-bond donors (Lipinski definition) is 1. The van der Waals surface area contributed by atoms with Gasteiger partial charge >= 0.3 is 0 Å². The number of allylic oxidation sites excluding steroid dienone is 2. The van der Waals surface area contributed by atoms with Crippen molar-refractivity contribution >= 4 is 0 Å². The minimum absolute atomic E-state index is 0.575. The summed E-state index contributed by atoms with van der Waals surface area (Å²) in [7, 11) is 5.86. The van der Waals surface area contributed by atoms with E-state index in [1.807, 2.05) is 13.8 Å². The first kappa shape index (κ1) is 29.1. The number of methoxy groups -OCH3 is 1. The lowest BCUT2D eigenvalue weighted by molar-refractivity contribution is 0.0792. The van der Waals surface area contributed by atoms with Crippen molar-refractivity contribution in [2.45, 2.75) is 48.0 Å². The van der Waals surface area contributed by atoms with Gasteiger partial charge in [0.1, 0.15) is 5.76 Å². The normalized spacial score (nSPS) is 21.5. The van der Waals surface area contributed by atoms with Crippen LogP contribution in [0.3, 0.4) is 0 Å². The molecule has 1 aliphatic carbocycles. The Kier molecular flexibility index (Phi) is 17.2. The first-order valence-corrected chi connectivity index (χ1v) is 12.0. The summed E-state index contributed by atoms with van der Waals surface area (Å²) in [6, 6.07) is 0. The van der Waals surface area contributed by atoms with Crippen LogP contribution in [0.2, 0.25) is 0 Å². The van der Waals surface area contributed by atoms with Crippen LogP contribution in [0.25, 0.3) is 0 Å². The highest BCUT2D eigenvalue weighted by Gasteiger charge is 2.31. The topological polar surface area (TPSA) is 37.0 Å². The van der Waals surface area contributed by atoms with Crippen molar-refractivity contribution in [2.75, 3.05) is 73.7 Å². The Morgan fingerprint density at radius 2 is 1.80 bits per heavy atom. The van der Waals surface area contributed by atoms with E-state index in [2.05, 4.69) is 69.1 Å². The second-order valence-electron chi connectivity index (χ2n) is 8.38. The fraction of sp³-hybridized carbons (Fsp3) is 0.840. The van der Waals surface area contributed by atoms with E-state index in [4.69, 9.17) is 9.47 Å². The second-order valence-corrected chi connectivity index (χ2v) is 8.38. The highest BCUT2D eigenvalue weighted by molar-refractivity contribution is 5.27. The largest absolute Gasteiger partial charge is 0.494 e. The van der Waals surface area contributed by atoms with Gasteiger partial charge in [-0.25, -0.2) is 0 Å². The Labute approximate surface area is 187 Å². The molecule has 2 atom stereocenters. The monoisotopic (exact) mass is 425 g/mol. The number of nitrogens with one attached hydrogen (secondary N) is 1. The first-order valence-electron chi connectivity index (χ1n) is 12.0. The van der Waals surface area contributed by atoms with Crippen LogP contribution >= 0.6 is 0 Å². The van der Waals surface area contributed by atoms with E-state index in [-0.39, 0.29) is 0 Å². The Hall–Kier alpha value is -0.880. The maximum atomic E-state index is 5.85. The molecule has 0 radical (unpaired) electrons. The molecule has 1 N–H and O–H groups in total. The Bertz CT molecular complexity index is 471. The van der Waals surface area contributed by atoms with E-state index in [0.717, 1.165) is 50.9 Å². The predicted octanol–water partition coefficient (Wildman–Crippen LogP) is 4.27. The predicted molar refractivity (Wildman–Crippen MR) is 131 cm³/mol. The van der Waals surface area contributed by atoms with Gasteiger partial charge in [0.25, 0.3) is 0 Å². The van der Waals surface area contributed by atoms with Gasteiger partial charge in [0.2, 0.25) is 0 Å². The molecular weight excluding hydrogens is 374 g/mol. The zero-order valence-electron chi connectivity index (χ0n) is 21.5. The molecule has 5 heteroatoms. The Morgan fingerprint density at radius 1 is 1.17 bits per heavy atom. The SMILES string of the molecule is CC.CCCOC1=C(C)C(C)C(CN2CC(CNCCOC)C2)C=C1.CCN(C)C. The van der Waals surface area contributed by atoms with Crippen molar-refractivity contribution in [2.24, 2.45) is 17.8 Å². The standard InChI is InChI=1S/C19H34N2O2.C4H11N.C2H6/c1-5-9-23-19-7-6-18(15(2)16(19)3)14-21-12-17(13-21)11-20-8-10-22-4;1-4-5(2)3;1-2/h6-7,15,17-18,20H,5,8-14H2,1-4H3;4H2,1-3H3;1-2H3. The van der Waals surface area contributed by atoms with Crippen molar-refractivity contribution in [3.05, 3.63) is 23.5 Å². The van der Waals surface area contributed by atoms with Gasteiger partial charge in [-0.1, -0.05) is 40.7 Å². The fourth-order valence-corrected chi connectivity index (χ4v) is 3.38. The summed E-state index contributed by atoms with van der Waals surface area (Å²) < 4.78 is 10.9. The minimum atomic E-state index is 0.575. The van der Waals surface area contributed by atoms with E-state index in [1.54, 1.807) is 7.11 Å². The molecule has 0 bridgehead atoms. The molecule has 30 heavy (non-hydrogen) atoms. The first-order chi connectivity index (χ1) is 14.4. The van der Waals surface area contributed by atoms with Gasteiger partial charge in [-0.05, 0) is 63.4 Å². The van der Waals surface area contributed by atoms with E-state index >= 15 is 0 Å². The van der Waals surface area contributed by atoms with Gasteiger partial charge < -0.3 is 24.6 Å². The van der Waals surface area contributed by atoms with Crippen molar-refractivity contribution in [1.82, 2.24) is 15.1 Å². The van der Waals surface area contributed by atoms with Crippen LogP contribution in [-0.2, 0) is 9.47 Å². The molecule has 0 aromatic rings. The number of rotatable bonds is 11. The lowest BCUT2D eigenvalue weighted by atomic mass is 9.82. The number of ether oxygens (including phenoxy) is 2. The van der Waals surface area contributed by atoms with Gasteiger partial charge in [0, 0.05) is 39.8 Å². The molecule has 2 aliphatic rings. The molecule has 2 unspecified atom stereocenters. The zero-order chi connectivity index (χ0) is 22.9. The van der Waals surface area contributed by atoms with Gasteiger partial charge in [-0.3, -0.25) is 0 Å². The third-order valence-electron chi connectivity index (χ3n) is 5.72. The maximum Gasteiger partial charge on any atom is 0.118 e. The van der Waals surface area contributed by atoms with Gasteiger partial charge in [0.15, 0.2) is 0 Å². The van der Waals surface area contributed by atoms with Crippen LogP contribution in [0.15, 0.2) is 23.5 Å². The van der Waals surface area contributed by atoms with E-state index in [1.165, 1.54) is 25.2 Å². The molecule has 1 fully saturated rings. The average Bonchev–Trinajstić information content (AvgIpc) is 2.73. The van der Waals surface area contributed by atoms with Crippen molar-refractivity contribution in [3.63, 3.8) is 0 Å². The highest BCUT2D eigenvalue weighted by atomic mass is 16.5. The molecule has 178 valence electrons. The molecule has 0 aromatic carbocycles. The highest BCUT2D eigenvalue weighted by Crippen LogP contribution is 2.32. The summed E-state index contributed by atoms with van der Waals surface area (Å²) in [6.45, 7) is 21.3. The molecule has 0 amide bonds. The summed E-state index contributed by atoms with van der Waals surface area (Å²) in [5, 5.41) is 3.46. The Morgan fingerprint density at radius 3 is 2.33 bits per heavy atom. The third kappa shape index (κ3) is 11.5. The quantitative estimate of drug-likeness (QED) is 0.500. The van der Waals surface area contributed by atoms with Crippen LogP contribution in [0.4, 0.5) is 0 Å². The van der Waals surface area contributed by atoms with E-state index in [9.17, 15) is 0 Å². The third-order valence-corrected chi connectivity index (χ3v) is 5.72. The molecule has 1 heterocycles. The molecule has 2 rings (SSSR count). The van der Waals surface area contributed by atoms with Crippen molar-refractivity contribution < 1.29 is 9.47 Å². The van der Waals surface area contributed by atoms with Gasteiger partial charge in [-0.15, -0.1) is 0 Å². The van der Waals surface area contributed by atoms with Crippen LogP contribution in [0, 0.1) is 17.8 Å². The minimum Gasteiger partial charge on any atom is -0.494 e. The molecule has 5 nitrogen and oxygen atoms in total. The summed E-state index contributed by atoms with van der Waals surface area (Å²) in [6.07, 6.45) is 5.61. The molecule has 0 aromatic heterocycles. The summed E-state index contributed by atoms with van der Waals surface area (Å²) in [5.41, 5.74) is 1.41. The lowest BCUT2D eigenvalue weighted by Crippen LogP contribution is -2.52. The fourth-order valence-electron chi connectivity index (χ4n) is 3.38. The van der Waals surface area contributed by atoms with Gasteiger partial charge in [-0.2, -0.15) is 0 Å². The number of hydrogen-bond acceptors (Lipinski definition) is 5. The molecular formula is C25H51N3O2. The molecule has 0 saturated carbocycles. The van der Waals surface area contributed by atoms with E-state index < -0.39 is 0 Å². The summed E-state index contributed by atoms with van der Waals surface area (Å²) in [5.74, 6) is 3.09. The van der Waals surface area contributed by atoms with Crippen LogP contribution in [0.1, 0.15) is 48.0 Å². The molecule has 1 saturated heterocycles. The van der Waals surface area contributed by atoms with E-state index in [0.29, 0.717) is 11.8 Å². The van der Waals surface area contributed by atoms with Crippen molar-refractivity contribution in [3.8, 4) is 0 Å². The second kappa shape index (κ2) is 17.8. The lowest BCUT2D eigenvalue weighted by Gasteiger charge is -2.42. The molecule has 0 spiro atoms. The molecule has 1 aliphatic heterocycles. The van der Waals surface area contributed by atoms with Crippen LogP contribution in [0.5, 0.6) is 0 Å². The smallest absolute Gasteiger partial charge is 0.118 e. The maximum absolute atomic E-state index is 5.85. The number of likely N-dealkylation sites (tertiary alicyclic amines) is 1. The Balaban J connectivity index is 0.00000105. The van der Waals surface area contributed by atoms with Gasteiger partial charge in [0.05, 0.1) is 13.2 Å².